The van der Waals surface area contributed by atoms with E-state index in [9.17, 15) is 13.6 Å². The molecule has 1 spiro atoms. The number of benzene rings is 1. The summed E-state index contributed by atoms with van der Waals surface area (Å²) in [5, 5.41) is 12.0. The van der Waals surface area contributed by atoms with Gasteiger partial charge in [0.1, 0.15) is 5.82 Å². The summed E-state index contributed by atoms with van der Waals surface area (Å²) in [5.41, 5.74) is 3.35. The third-order valence-corrected chi connectivity index (χ3v) is 8.05. The van der Waals surface area contributed by atoms with Gasteiger partial charge in [-0.05, 0) is 56.2 Å². The summed E-state index contributed by atoms with van der Waals surface area (Å²) in [6, 6.07) is 7.27. The molecule has 0 atom stereocenters. The average molecular weight is 519 g/mol. The fraction of sp³-hybridized carbons (Fsp3) is 0.560. The lowest BCUT2D eigenvalue weighted by Crippen LogP contribution is -2.35. The molecule has 1 aromatic heterocycles. The van der Waals surface area contributed by atoms with Crippen LogP contribution in [0.15, 0.2) is 24.3 Å². The highest BCUT2D eigenvalue weighted by Crippen LogP contribution is 2.54. The summed E-state index contributed by atoms with van der Waals surface area (Å²) in [6.45, 7) is 3.38. The van der Waals surface area contributed by atoms with Crippen LogP contribution in [-0.2, 0) is 0 Å². The molecule has 1 saturated carbocycles. The van der Waals surface area contributed by atoms with Crippen molar-refractivity contribution in [2.75, 3.05) is 58.4 Å². The van der Waals surface area contributed by atoms with Crippen LogP contribution in [0.25, 0.3) is 0 Å². The van der Waals surface area contributed by atoms with E-state index in [0.29, 0.717) is 28.2 Å². The molecular formula is C25H32F2N6O2S. The molecule has 1 amide bonds. The number of rotatable bonds is 8. The number of hydrogen-bond donors (Lipinski definition) is 3. The van der Waals surface area contributed by atoms with Gasteiger partial charge in [-0.1, -0.05) is 11.9 Å². The maximum Gasteiger partial charge on any atom is 0.267 e. The second-order valence-electron chi connectivity index (χ2n) is 10.1. The minimum absolute atomic E-state index is 0.0780. The largest absolute Gasteiger partial charge is 0.395 e. The van der Waals surface area contributed by atoms with Crippen molar-refractivity contribution in [1.29, 1.82) is 0 Å². The standard InChI is InChI=1S/C25H32F2N6O2S/c1-17-14-21(30-23(28-17)33-11-8-25(26,27)16-33)29-22(35)19-3-2-18(31-36-13-12-34)15-20(19)32-9-6-24(4-5-24)7-10-32/h2-3,14-15,31,34H,4-13,16H2,1H3,(H,28,29,30,35). The fourth-order valence-corrected chi connectivity index (χ4v) is 5.46. The van der Waals surface area contributed by atoms with Crippen LogP contribution in [0.1, 0.15) is 48.2 Å². The van der Waals surface area contributed by atoms with E-state index in [1.54, 1.807) is 19.1 Å². The lowest BCUT2D eigenvalue weighted by atomic mass is 9.93. The summed E-state index contributed by atoms with van der Waals surface area (Å²) >= 11 is 1.41. The smallest absolute Gasteiger partial charge is 0.267 e. The second kappa shape index (κ2) is 10.0. The van der Waals surface area contributed by atoms with Crippen LogP contribution in [-0.4, -0.2) is 65.4 Å². The number of halogens is 2. The lowest BCUT2D eigenvalue weighted by molar-refractivity contribution is 0.0256. The van der Waals surface area contributed by atoms with E-state index in [1.807, 2.05) is 12.1 Å². The molecule has 2 aromatic rings. The molecule has 1 aliphatic carbocycles. The molecule has 3 N–H and O–H groups in total. The number of nitrogens with zero attached hydrogens (tertiary/aromatic N) is 4. The van der Waals surface area contributed by atoms with Crippen molar-refractivity contribution in [1.82, 2.24) is 9.97 Å². The van der Waals surface area contributed by atoms with E-state index in [0.717, 1.165) is 37.3 Å². The number of aromatic nitrogens is 2. The zero-order valence-electron chi connectivity index (χ0n) is 20.4. The van der Waals surface area contributed by atoms with Gasteiger partial charge in [0.2, 0.25) is 5.95 Å². The van der Waals surface area contributed by atoms with E-state index < -0.39 is 12.5 Å². The molecule has 8 nitrogen and oxygen atoms in total. The molecule has 0 bridgehead atoms. The molecule has 5 rings (SSSR count). The first-order valence-corrected chi connectivity index (χ1v) is 13.4. The van der Waals surface area contributed by atoms with Crippen molar-refractivity contribution in [2.45, 2.75) is 45.0 Å². The number of hydrogen-bond acceptors (Lipinski definition) is 8. The maximum atomic E-state index is 13.7. The Hall–Kier alpha value is -2.66. The van der Waals surface area contributed by atoms with Gasteiger partial charge in [0, 0.05) is 49.3 Å². The number of amides is 1. The van der Waals surface area contributed by atoms with Crippen LogP contribution >= 0.6 is 11.9 Å². The summed E-state index contributed by atoms with van der Waals surface area (Å²) in [7, 11) is 0. The Labute approximate surface area is 214 Å². The monoisotopic (exact) mass is 518 g/mol. The number of carbonyl (C=O) groups excluding carboxylic acids is 1. The SMILES string of the molecule is Cc1cc(NC(=O)c2ccc(NSCCO)cc2N2CCC3(CC2)CC3)nc(N2CCC(F)(F)C2)n1. The van der Waals surface area contributed by atoms with Crippen LogP contribution in [0.3, 0.4) is 0 Å². The van der Waals surface area contributed by atoms with Gasteiger partial charge in [-0.15, -0.1) is 0 Å². The normalized spacial score (nSPS) is 20.0. The first kappa shape index (κ1) is 25.0. The third kappa shape index (κ3) is 5.67. The number of aryl methyl sites for hydroxylation is 1. The quantitative estimate of drug-likeness (QED) is 0.352. The van der Waals surface area contributed by atoms with E-state index >= 15 is 0 Å². The molecule has 1 aromatic carbocycles. The van der Waals surface area contributed by atoms with Crippen molar-refractivity contribution in [3.8, 4) is 0 Å². The molecule has 3 fully saturated rings. The summed E-state index contributed by atoms with van der Waals surface area (Å²) in [6.07, 6.45) is 4.61. The summed E-state index contributed by atoms with van der Waals surface area (Å²) in [4.78, 5) is 25.9. The average Bonchev–Trinajstić information content (AvgIpc) is 3.49. The minimum Gasteiger partial charge on any atom is -0.395 e. The molecular weight excluding hydrogens is 486 g/mol. The van der Waals surface area contributed by atoms with Crippen molar-refractivity contribution >= 4 is 41.0 Å². The predicted octanol–water partition coefficient (Wildman–Crippen LogP) is 4.32. The Balaban J connectivity index is 1.37. The zero-order chi connectivity index (χ0) is 25.3. The van der Waals surface area contributed by atoms with E-state index in [4.69, 9.17) is 5.11 Å². The Bertz CT molecular complexity index is 1120. The Morgan fingerprint density at radius 1 is 1.08 bits per heavy atom. The molecule has 3 aliphatic rings. The Morgan fingerprint density at radius 2 is 1.83 bits per heavy atom. The predicted molar refractivity (Wildman–Crippen MR) is 139 cm³/mol. The molecule has 36 heavy (non-hydrogen) atoms. The molecule has 0 unspecified atom stereocenters. The number of carbonyl (C=O) groups is 1. The Kier molecular flexibility index (Phi) is 6.95. The van der Waals surface area contributed by atoms with Crippen LogP contribution in [0, 0.1) is 12.3 Å². The highest BCUT2D eigenvalue weighted by molar-refractivity contribution is 8.00. The topological polar surface area (TPSA) is 93.6 Å². The van der Waals surface area contributed by atoms with Gasteiger partial charge in [0.05, 0.1) is 24.4 Å². The molecule has 194 valence electrons. The highest BCUT2D eigenvalue weighted by Gasteiger charge is 2.44. The Morgan fingerprint density at radius 3 is 2.50 bits per heavy atom. The second-order valence-corrected chi connectivity index (χ2v) is 11.0. The number of aliphatic hydroxyl groups excluding tert-OH is 1. The zero-order valence-corrected chi connectivity index (χ0v) is 21.2. The number of piperidine rings is 1. The van der Waals surface area contributed by atoms with Gasteiger partial charge in [0.15, 0.2) is 0 Å². The first-order chi connectivity index (χ1) is 17.3. The van der Waals surface area contributed by atoms with Gasteiger partial charge in [-0.25, -0.2) is 13.8 Å². The van der Waals surface area contributed by atoms with Gasteiger partial charge in [0.25, 0.3) is 11.8 Å². The molecule has 3 heterocycles. The van der Waals surface area contributed by atoms with E-state index in [2.05, 4.69) is 24.9 Å². The van der Waals surface area contributed by atoms with Crippen LogP contribution in [0.4, 0.5) is 31.9 Å². The number of nitrogens with one attached hydrogen (secondary N) is 2. The number of anilines is 4. The van der Waals surface area contributed by atoms with Crippen molar-refractivity contribution in [3.63, 3.8) is 0 Å². The fourth-order valence-electron chi connectivity index (χ4n) is 4.98. The van der Waals surface area contributed by atoms with Gasteiger partial charge in [-0.3, -0.25) is 4.79 Å². The minimum atomic E-state index is -2.76. The summed E-state index contributed by atoms with van der Waals surface area (Å²) < 4.78 is 30.7. The molecule has 2 aliphatic heterocycles. The summed E-state index contributed by atoms with van der Waals surface area (Å²) in [5.74, 6) is -2.01. The third-order valence-electron chi connectivity index (χ3n) is 7.28. The van der Waals surface area contributed by atoms with Gasteiger partial charge < -0.3 is 24.9 Å². The first-order valence-electron chi connectivity index (χ1n) is 12.4. The highest BCUT2D eigenvalue weighted by atomic mass is 32.2. The maximum absolute atomic E-state index is 13.7. The number of aliphatic hydroxyl groups is 1. The number of alkyl halides is 2. The van der Waals surface area contributed by atoms with Crippen molar-refractivity contribution < 1.29 is 18.7 Å². The van der Waals surface area contributed by atoms with E-state index in [-0.39, 0.29) is 31.4 Å². The van der Waals surface area contributed by atoms with E-state index in [1.165, 1.54) is 29.7 Å². The molecule has 0 radical (unpaired) electrons. The molecule has 2 saturated heterocycles. The van der Waals surface area contributed by atoms with Crippen LogP contribution in [0.2, 0.25) is 0 Å². The van der Waals surface area contributed by atoms with Gasteiger partial charge >= 0.3 is 0 Å². The lowest BCUT2D eigenvalue weighted by Gasteiger charge is -2.35. The van der Waals surface area contributed by atoms with Crippen LogP contribution < -0.4 is 19.8 Å². The van der Waals surface area contributed by atoms with Gasteiger partial charge in [-0.2, -0.15) is 4.98 Å². The van der Waals surface area contributed by atoms with Crippen molar-refractivity contribution in [2.24, 2.45) is 5.41 Å². The molecule has 11 heteroatoms. The van der Waals surface area contributed by atoms with Crippen molar-refractivity contribution in [3.05, 3.63) is 35.5 Å². The van der Waals surface area contributed by atoms with Crippen LogP contribution in [0.5, 0.6) is 0 Å².